The van der Waals surface area contributed by atoms with Crippen LogP contribution < -0.4 is 5.32 Å². The van der Waals surface area contributed by atoms with Gasteiger partial charge in [0, 0.05) is 12.5 Å². The Morgan fingerprint density at radius 1 is 1.50 bits per heavy atom. The smallest absolute Gasteiger partial charge is 0.222 e. The maximum atomic E-state index is 10.8. The quantitative estimate of drug-likeness (QED) is 0.644. The van der Waals surface area contributed by atoms with Gasteiger partial charge in [0.2, 0.25) is 5.91 Å². The van der Waals surface area contributed by atoms with E-state index < -0.39 is 0 Å². The summed E-state index contributed by atoms with van der Waals surface area (Å²) in [6.07, 6.45) is 1.01. The molecule has 0 bridgehead atoms. The molecule has 0 aliphatic carbocycles. The van der Waals surface area contributed by atoms with Crippen LogP contribution in [-0.4, -0.2) is 12.5 Å². The SMILES string of the molecule is C.CCCNC(=O)C(C)C. The summed E-state index contributed by atoms with van der Waals surface area (Å²) in [5.41, 5.74) is 0. The van der Waals surface area contributed by atoms with Gasteiger partial charge >= 0.3 is 0 Å². The molecule has 0 unspecified atom stereocenters. The van der Waals surface area contributed by atoms with Crippen molar-refractivity contribution in [2.75, 3.05) is 6.54 Å². The lowest BCUT2D eigenvalue weighted by atomic mass is 10.2. The number of amides is 1. The van der Waals surface area contributed by atoms with Crippen molar-refractivity contribution >= 4 is 5.91 Å². The fourth-order valence-corrected chi connectivity index (χ4v) is 0.452. The van der Waals surface area contributed by atoms with Crippen molar-refractivity contribution in [3.8, 4) is 0 Å². The van der Waals surface area contributed by atoms with Crippen LogP contribution in [0.4, 0.5) is 0 Å². The molecule has 0 aromatic carbocycles. The Bertz CT molecular complexity index is 89.3. The first-order valence-electron chi connectivity index (χ1n) is 3.46. The Labute approximate surface area is 64.0 Å². The maximum Gasteiger partial charge on any atom is 0.222 e. The first-order valence-corrected chi connectivity index (χ1v) is 3.46. The van der Waals surface area contributed by atoms with Gasteiger partial charge in [-0.15, -0.1) is 0 Å². The van der Waals surface area contributed by atoms with Crippen LogP contribution in [-0.2, 0) is 4.79 Å². The molecule has 0 heterocycles. The molecule has 0 fully saturated rings. The van der Waals surface area contributed by atoms with Gasteiger partial charge in [-0.25, -0.2) is 0 Å². The Morgan fingerprint density at radius 3 is 2.30 bits per heavy atom. The molecule has 10 heavy (non-hydrogen) atoms. The summed E-state index contributed by atoms with van der Waals surface area (Å²) >= 11 is 0. The Morgan fingerprint density at radius 2 is 2.00 bits per heavy atom. The van der Waals surface area contributed by atoms with Crippen LogP contribution in [0.15, 0.2) is 0 Å². The molecular weight excluding hydrogens is 126 g/mol. The van der Waals surface area contributed by atoms with Gasteiger partial charge in [0.25, 0.3) is 0 Å². The number of carbonyl (C=O) groups excluding carboxylic acids is 1. The van der Waals surface area contributed by atoms with Crippen molar-refractivity contribution in [3.63, 3.8) is 0 Å². The van der Waals surface area contributed by atoms with Crippen LogP contribution >= 0.6 is 0 Å². The van der Waals surface area contributed by atoms with E-state index in [0.717, 1.165) is 13.0 Å². The molecule has 0 atom stereocenters. The van der Waals surface area contributed by atoms with Crippen LogP contribution in [0.5, 0.6) is 0 Å². The highest BCUT2D eigenvalue weighted by atomic mass is 16.1. The molecule has 62 valence electrons. The van der Waals surface area contributed by atoms with Crippen LogP contribution in [0.1, 0.15) is 34.6 Å². The lowest BCUT2D eigenvalue weighted by Crippen LogP contribution is -2.28. The molecule has 0 spiro atoms. The van der Waals surface area contributed by atoms with Gasteiger partial charge in [0.05, 0.1) is 0 Å². The predicted octanol–water partition coefficient (Wildman–Crippen LogP) is 1.80. The Kier molecular flexibility index (Phi) is 8.02. The molecule has 2 nitrogen and oxygen atoms in total. The predicted molar refractivity (Wildman–Crippen MR) is 44.9 cm³/mol. The highest BCUT2D eigenvalue weighted by molar-refractivity contribution is 5.77. The summed E-state index contributed by atoms with van der Waals surface area (Å²) in [5, 5.41) is 2.79. The minimum atomic E-state index is 0. The second-order valence-electron chi connectivity index (χ2n) is 2.45. The van der Waals surface area contributed by atoms with Crippen LogP contribution in [0.25, 0.3) is 0 Å². The maximum absolute atomic E-state index is 10.8. The molecule has 2 heteroatoms. The highest BCUT2D eigenvalue weighted by Crippen LogP contribution is 1.89. The lowest BCUT2D eigenvalue weighted by molar-refractivity contribution is -0.123. The summed E-state index contributed by atoms with van der Waals surface area (Å²) in [7, 11) is 0. The van der Waals surface area contributed by atoms with E-state index in [9.17, 15) is 4.79 Å². The first-order chi connectivity index (χ1) is 4.18. The van der Waals surface area contributed by atoms with E-state index in [4.69, 9.17) is 0 Å². The van der Waals surface area contributed by atoms with Crippen LogP contribution in [0.3, 0.4) is 0 Å². The normalized spacial score (nSPS) is 8.80. The van der Waals surface area contributed by atoms with Gasteiger partial charge in [-0.2, -0.15) is 0 Å². The fraction of sp³-hybridized carbons (Fsp3) is 0.875. The van der Waals surface area contributed by atoms with Crippen molar-refractivity contribution in [2.24, 2.45) is 5.92 Å². The van der Waals surface area contributed by atoms with E-state index in [1.54, 1.807) is 0 Å². The van der Waals surface area contributed by atoms with Gasteiger partial charge in [0.1, 0.15) is 0 Å². The molecule has 0 aromatic rings. The standard InChI is InChI=1S/C7H15NO.CH4/c1-4-5-8-7(9)6(2)3;/h6H,4-5H2,1-3H3,(H,8,9);1H4. The third-order valence-electron chi connectivity index (χ3n) is 1.07. The van der Waals surface area contributed by atoms with Crippen molar-refractivity contribution < 1.29 is 4.79 Å². The molecule has 0 rings (SSSR count). The van der Waals surface area contributed by atoms with Crippen molar-refractivity contribution in [2.45, 2.75) is 34.6 Å². The third kappa shape index (κ3) is 5.60. The largest absolute Gasteiger partial charge is 0.356 e. The molecular formula is C8H19NO. The average Bonchev–Trinajstić information content (AvgIpc) is 1.82. The molecule has 1 amide bonds. The highest BCUT2D eigenvalue weighted by Gasteiger charge is 2.03. The molecule has 0 aromatic heterocycles. The third-order valence-corrected chi connectivity index (χ3v) is 1.07. The topological polar surface area (TPSA) is 29.1 Å². The van der Waals surface area contributed by atoms with Crippen LogP contribution in [0.2, 0.25) is 0 Å². The number of nitrogens with one attached hydrogen (secondary N) is 1. The van der Waals surface area contributed by atoms with E-state index in [2.05, 4.69) is 5.32 Å². The second kappa shape index (κ2) is 6.59. The van der Waals surface area contributed by atoms with E-state index in [1.165, 1.54) is 0 Å². The zero-order valence-electron chi connectivity index (χ0n) is 6.40. The summed E-state index contributed by atoms with van der Waals surface area (Å²) in [5.74, 6) is 0.272. The fourth-order valence-electron chi connectivity index (χ4n) is 0.452. The Hall–Kier alpha value is -0.530. The lowest BCUT2D eigenvalue weighted by Gasteiger charge is -2.04. The van der Waals surface area contributed by atoms with Gasteiger partial charge in [-0.3, -0.25) is 4.79 Å². The molecule has 1 N–H and O–H groups in total. The van der Waals surface area contributed by atoms with Gasteiger partial charge in [0.15, 0.2) is 0 Å². The van der Waals surface area contributed by atoms with Crippen molar-refractivity contribution in [3.05, 3.63) is 0 Å². The minimum Gasteiger partial charge on any atom is -0.356 e. The number of hydrogen-bond acceptors (Lipinski definition) is 1. The monoisotopic (exact) mass is 145 g/mol. The molecule has 0 saturated heterocycles. The molecule has 0 aliphatic rings. The van der Waals surface area contributed by atoms with E-state index in [1.807, 2.05) is 20.8 Å². The zero-order valence-corrected chi connectivity index (χ0v) is 6.40. The van der Waals surface area contributed by atoms with E-state index in [-0.39, 0.29) is 19.3 Å². The van der Waals surface area contributed by atoms with Gasteiger partial charge in [-0.05, 0) is 6.42 Å². The molecule has 0 radical (unpaired) electrons. The minimum absolute atomic E-state index is 0. The van der Waals surface area contributed by atoms with Gasteiger partial charge in [-0.1, -0.05) is 28.2 Å². The summed E-state index contributed by atoms with van der Waals surface area (Å²) in [4.78, 5) is 10.8. The second-order valence-corrected chi connectivity index (χ2v) is 2.45. The number of carbonyl (C=O) groups is 1. The summed E-state index contributed by atoms with van der Waals surface area (Å²) in [6, 6.07) is 0. The average molecular weight is 145 g/mol. The van der Waals surface area contributed by atoms with E-state index in [0.29, 0.717) is 0 Å². The van der Waals surface area contributed by atoms with Gasteiger partial charge < -0.3 is 5.32 Å². The molecule has 0 saturated carbocycles. The van der Waals surface area contributed by atoms with Crippen molar-refractivity contribution in [1.29, 1.82) is 0 Å². The zero-order chi connectivity index (χ0) is 7.28. The van der Waals surface area contributed by atoms with E-state index >= 15 is 0 Å². The van der Waals surface area contributed by atoms with Crippen molar-refractivity contribution in [1.82, 2.24) is 5.32 Å². The number of rotatable bonds is 3. The Balaban J connectivity index is 0. The first kappa shape index (κ1) is 12.2. The molecule has 0 aliphatic heterocycles. The summed E-state index contributed by atoms with van der Waals surface area (Å²) in [6.45, 7) is 6.63. The summed E-state index contributed by atoms with van der Waals surface area (Å²) < 4.78 is 0. The van der Waals surface area contributed by atoms with Crippen LogP contribution in [0, 0.1) is 5.92 Å². The number of hydrogen-bond donors (Lipinski definition) is 1.